The smallest absolute Gasteiger partial charge is 0.359 e. The summed E-state index contributed by atoms with van der Waals surface area (Å²) in [5, 5.41) is 3.61. The number of carbonyl (C=O) groups is 2. The van der Waals surface area contributed by atoms with E-state index in [4.69, 9.17) is 27.9 Å². The van der Waals surface area contributed by atoms with Crippen LogP contribution in [0.2, 0.25) is 10.0 Å². The van der Waals surface area contributed by atoms with Crippen molar-refractivity contribution in [2.24, 2.45) is 0 Å². The van der Waals surface area contributed by atoms with Gasteiger partial charge in [-0.25, -0.2) is 14.8 Å². The van der Waals surface area contributed by atoms with Crippen molar-refractivity contribution in [3.8, 4) is 0 Å². The van der Waals surface area contributed by atoms with Gasteiger partial charge >= 0.3 is 5.97 Å². The maximum absolute atomic E-state index is 12.1. The van der Waals surface area contributed by atoms with Gasteiger partial charge in [0.15, 0.2) is 17.0 Å². The van der Waals surface area contributed by atoms with Gasteiger partial charge in [0.2, 0.25) is 0 Å². The largest absolute Gasteiger partial charge is 0.448 e. The summed E-state index contributed by atoms with van der Waals surface area (Å²) in [5.41, 5.74) is 0.458. The summed E-state index contributed by atoms with van der Waals surface area (Å²) in [5.74, 6) is -1.28. The van der Waals surface area contributed by atoms with E-state index in [0.29, 0.717) is 15.9 Å². The second-order valence-electron chi connectivity index (χ2n) is 4.60. The Labute approximate surface area is 152 Å². The summed E-state index contributed by atoms with van der Waals surface area (Å²) in [6, 6.07) is 6.55. The van der Waals surface area contributed by atoms with Gasteiger partial charge in [-0.1, -0.05) is 35.0 Å². The minimum Gasteiger partial charge on any atom is -0.448 e. The lowest BCUT2D eigenvalue weighted by Gasteiger charge is -2.14. The molecule has 0 fully saturated rings. The first-order valence-electron chi connectivity index (χ1n) is 6.74. The molecule has 1 amide bonds. The fourth-order valence-corrected chi connectivity index (χ4v) is 2.27. The van der Waals surface area contributed by atoms with E-state index in [2.05, 4.69) is 15.3 Å². The van der Waals surface area contributed by atoms with Crippen LogP contribution in [0, 0.1) is 0 Å². The molecule has 126 valence electrons. The molecule has 1 N–H and O–H groups in total. The lowest BCUT2D eigenvalue weighted by Crippen LogP contribution is -2.30. The number of halogens is 2. The topological polar surface area (TPSA) is 81.2 Å². The van der Waals surface area contributed by atoms with E-state index in [1.54, 1.807) is 30.5 Å². The van der Waals surface area contributed by atoms with Crippen LogP contribution < -0.4 is 5.32 Å². The van der Waals surface area contributed by atoms with Crippen molar-refractivity contribution in [1.29, 1.82) is 0 Å². The van der Waals surface area contributed by atoms with E-state index in [1.165, 1.54) is 24.9 Å². The molecule has 0 saturated carbocycles. The predicted octanol–water partition coefficient (Wildman–Crippen LogP) is 3.69. The minimum absolute atomic E-state index is 0.0584. The molecule has 1 atom stereocenters. The number of rotatable bonds is 5. The summed E-state index contributed by atoms with van der Waals surface area (Å²) < 4.78 is 5.11. The molecule has 24 heavy (non-hydrogen) atoms. The number of esters is 1. The Morgan fingerprint density at radius 3 is 2.54 bits per heavy atom. The van der Waals surface area contributed by atoms with Crippen molar-refractivity contribution in [3.05, 3.63) is 46.2 Å². The third-order valence-electron chi connectivity index (χ3n) is 2.86. The lowest BCUT2D eigenvalue weighted by atomic mass is 10.3. The molecule has 0 aliphatic heterocycles. The predicted molar refractivity (Wildman–Crippen MR) is 93.8 cm³/mol. The maximum atomic E-state index is 12.1. The van der Waals surface area contributed by atoms with Gasteiger partial charge in [0.25, 0.3) is 5.91 Å². The number of aromatic nitrogens is 2. The fraction of sp³-hybridized carbons (Fsp3) is 0.200. The van der Waals surface area contributed by atoms with Gasteiger partial charge in [0, 0.05) is 10.7 Å². The van der Waals surface area contributed by atoms with Crippen molar-refractivity contribution in [1.82, 2.24) is 9.97 Å². The lowest BCUT2D eigenvalue weighted by molar-refractivity contribution is -0.123. The first-order valence-corrected chi connectivity index (χ1v) is 8.72. The average molecular weight is 386 g/mol. The summed E-state index contributed by atoms with van der Waals surface area (Å²) in [6.45, 7) is 1.45. The van der Waals surface area contributed by atoms with Crippen LogP contribution in [-0.4, -0.2) is 34.2 Å². The second kappa shape index (κ2) is 8.32. The standard InChI is InChI=1S/C15H13Cl2N3O3S/c1-8(13(21)19-10-5-3-9(16)4-6-10)23-14(22)12-11(17)7-18-15(20-12)24-2/h3-8H,1-2H3,(H,19,21). The van der Waals surface area contributed by atoms with Crippen LogP contribution in [0.25, 0.3) is 0 Å². The number of nitrogens with zero attached hydrogens (tertiary/aromatic N) is 2. The molecule has 0 radical (unpaired) electrons. The number of benzene rings is 1. The second-order valence-corrected chi connectivity index (χ2v) is 6.21. The van der Waals surface area contributed by atoms with Crippen LogP contribution in [0.1, 0.15) is 17.4 Å². The Hall–Kier alpha value is -1.83. The van der Waals surface area contributed by atoms with Crippen molar-refractivity contribution < 1.29 is 14.3 Å². The molecular weight excluding hydrogens is 373 g/mol. The Bertz CT molecular complexity index is 756. The molecule has 6 nitrogen and oxygen atoms in total. The third-order valence-corrected chi connectivity index (χ3v) is 3.95. The normalized spacial score (nSPS) is 11.7. The first kappa shape index (κ1) is 18.5. The Kier molecular flexibility index (Phi) is 6.42. The van der Waals surface area contributed by atoms with E-state index in [0.717, 1.165) is 0 Å². The quantitative estimate of drug-likeness (QED) is 0.480. The summed E-state index contributed by atoms with van der Waals surface area (Å²) in [4.78, 5) is 32.2. The molecule has 1 aromatic carbocycles. The number of amides is 1. The number of carbonyl (C=O) groups excluding carboxylic acids is 2. The van der Waals surface area contributed by atoms with Gasteiger partial charge in [-0.3, -0.25) is 4.79 Å². The molecular formula is C15H13Cl2N3O3S. The van der Waals surface area contributed by atoms with Crippen molar-refractivity contribution >= 4 is 52.5 Å². The Morgan fingerprint density at radius 1 is 1.25 bits per heavy atom. The zero-order valence-electron chi connectivity index (χ0n) is 12.7. The zero-order chi connectivity index (χ0) is 17.7. The number of hydrogen-bond acceptors (Lipinski definition) is 6. The van der Waals surface area contributed by atoms with Gasteiger partial charge in [-0.2, -0.15) is 0 Å². The van der Waals surface area contributed by atoms with Crippen LogP contribution in [0.15, 0.2) is 35.6 Å². The molecule has 0 bridgehead atoms. The molecule has 0 aliphatic carbocycles. The summed E-state index contributed by atoms with van der Waals surface area (Å²) >= 11 is 12.9. The maximum Gasteiger partial charge on any atom is 0.359 e. The van der Waals surface area contributed by atoms with Crippen LogP contribution in [0.3, 0.4) is 0 Å². The molecule has 2 aromatic rings. The monoisotopic (exact) mass is 385 g/mol. The van der Waals surface area contributed by atoms with Crippen LogP contribution in [0.4, 0.5) is 5.69 Å². The van der Waals surface area contributed by atoms with Crippen molar-refractivity contribution in [3.63, 3.8) is 0 Å². The van der Waals surface area contributed by atoms with Gasteiger partial charge < -0.3 is 10.1 Å². The molecule has 1 heterocycles. The van der Waals surface area contributed by atoms with Crippen molar-refractivity contribution in [2.75, 3.05) is 11.6 Å². The van der Waals surface area contributed by atoms with E-state index in [-0.39, 0.29) is 10.7 Å². The SMILES string of the molecule is CSc1ncc(Cl)c(C(=O)OC(C)C(=O)Nc2ccc(Cl)cc2)n1. The minimum atomic E-state index is -1.03. The number of nitrogens with one attached hydrogen (secondary N) is 1. The van der Waals surface area contributed by atoms with Gasteiger partial charge in [-0.05, 0) is 37.4 Å². The number of ether oxygens (including phenoxy) is 1. The summed E-state index contributed by atoms with van der Waals surface area (Å²) in [6.07, 6.45) is 2.05. The molecule has 0 spiro atoms. The Balaban J connectivity index is 2.02. The average Bonchev–Trinajstić information content (AvgIpc) is 2.57. The number of hydrogen-bond donors (Lipinski definition) is 1. The van der Waals surface area contributed by atoms with E-state index < -0.39 is 18.0 Å². The highest BCUT2D eigenvalue weighted by Gasteiger charge is 2.22. The van der Waals surface area contributed by atoms with Crippen LogP contribution in [-0.2, 0) is 9.53 Å². The Morgan fingerprint density at radius 2 is 1.92 bits per heavy atom. The van der Waals surface area contributed by atoms with E-state index in [1.807, 2.05) is 0 Å². The number of thioether (sulfide) groups is 1. The third kappa shape index (κ3) is 4.83. The van der Waals surface area contributed by atoms with E-state index in [9.17, 15) is 9.59 Å². The number of anilines is 1. The molecule has 9 heteroatoms. The van der Waals surface area contributed by atoms with E-state index >= 15 is 0 Å². The van der Waals surface area contributed by atoms with Crippen molar-refractivity contribution in [2.45, 2.75) is 18.2 Å². The van der Waals surface area contributed by atoms with Gasteiger partial charge in [-0.15, -0.1) is 0 Å². The van der Waals surface area contributed by atoms with Crippen LogP contribution >= 0.6 is 35.0 Å². The highest BCUT2D eigenvalue weighted by molar-refractivity contribution is 7.98. The molecule has 1 unspecified atom stereocenters. The van der Waals surface area contributed by atoms with Gasteiger partial charge in [0.05, 0.1) is 11.2 Å². The highest BCUT2D eigenvalue weighted by Crippen LogP contribution is 2.18. The molecule has 0 aliphatic rings. The molecule has 0 saturated heterocycles. The van der Waals surface area contributed by atoms with Gasteiger partial charge in [0.1, 0.15) is 0 Å². The fourth-order valence-electron chi connectivity index (χ4n) is 1.64. The first-order chi connectivity index (χ1) is 11.4. The molecule has 2 rings (SSSR count). The molecule has 1 aromatic heterocycles. The highest BCUT2D eigenvalue weighted by atomic mass is 35.5. The summed E-state index contributed by atoms with van der Waals surface area (Å²) in [7, 11) is 0. The zero-order valence-corrected chi connectivity index (χ0v) is 15.1. The van der Waals surface area contributed by atoms with Crippen LogP contribution in [0.5, 0.6) is 0 Å².